The van der Waals surface area contributed by atoms with Crippen LogP contribution in [0.3, 0.4) is 0 Å². The highest BCUT2D eigenvalue weighted by atomic mass is 79.9. The van der Waals surface area contributed by atoms with E-state index in [2.05, 4.69) is 21.1 Å². The Morgan fingerprint density at radius 1 is 1.21 bits per heavy atom. The van der Waals surface area contributed by atoms with Crippen LogP contribution in [-0.4, -0.2) is 5.16 Å². The molecule has 0 aliphatic heterocycles. The van der Waals surface area contributed by atoms with Crippen molar-refractivity contribution in [3.05, 3.63) is 45.2 Å². The number of halogens is 2. The molecule has 3 aromatic rings. The van der Waals surface area contributed by atoms with Crippen LogP contribution in [-0.2, 0) is 0 Å². The van der Waals surface area contributed by atoms with Crippen molar-refractivity contribution in [2.24, 2.45) is 0 Å². The lowest BCUT2D eigenvalue weighted by Crippen LogP contribution is -1.88. The van der Waals surface area contributed by atoms with Crippen LogP contribution in [0.1, 0.15) is 0 Å². The molecule has 0 amide bonds. The van der Waals surface area contributed by atoms with E-state index in [1.165, 1.54) is 11.3 Å². The molecule has 0 aliphatic rings. The van der Waals surface area contributed by atoms with E-state index in [0.29, 0.717) is 16.6 Å². The fraction of sp³-hybridized carbons (Fsp3) is 0. The van der Waals surface area contributed by atoms with E-state index in [1.54, 1.807) is 0 Å². The first kappa shape index (κ1) is 12.7. The maximum atomic E-state index is 6.14. The maximum Gasteiger partial charge on any atom is 0.188 e. The third kappa shape index (κ3) is 2.29. The quantitative estimate of drug-likeness (QED) is 0.698. The van der Waals surface area contributed by atoms with Crippen molar-refractivity contribution in [3.8, 4) is 21.8 Å². The topological polar surface area (TPSA) is 52.0 Å². The van der Waals surface area contributed by atoms with Gasteiger partial charge in [0.25, 0.3) is 0 Å². The number of thiophene rings is 1. The minimum Gasteiger partial charge on any atom is -0.380 e. The van der Waals surface area contributed by atoms with Gasteiger partial charge in [0.2, 0.25) is 0 Å². The van der Waals surface area contributed by atoms with Gasteiger partial charge in [0.05, 0.1) is 15.5 Å². The zero-order valence-corrected chi connectivity index (χ0v) is 12.7. The molecule has 0 atom stereocenters. The highest BCUT2D eigenvalue weighted by Gasteiger charge is 2.20. The first-order valence-electron chi connectivity index (χ1n) is 5.41. The molecule has 0 aliphatic carbocycles. The first-order chi connectivity index (χ1) is 9.16. The minimum absolute atomic E-state index is 0.363. The van der Waals surface area contributed by atoms with Gasteiger partial charge in [-0.1, -0.05) is 44.8 Å². The van der Waals surface area contributed by atoms with Gasteiger partial charge in [0.15, 0.2) is 11.6 Å². The summed E-state index contributed by atoms with van der Waals surface area (Å²) < 4.78 is 6.35. The van der Waals surface area contributed by atoms with Gasteiger partial charge in [-0.05, 0) is 29.1 Å². The molecule has 2 heterocycles. The normalized spacial score (nSPS) is 10.8. The van der Waals surface area contributed by atoms with Crippen molar-refractivity contribution in [2.75, 3.05) is 5.73 Å². The summed E-state index contributed by atoms with van der Waals surface area (Å²) in [5.74, 6) is 0.974. The monoisotopic (exact) mass is 354 g/mol. The minimum atomic E-state index is 0.363. The van der Waals surface area contributed by atoms with Gasteiger partial charge in [0, 0.05) is 4.47 Å². The average molecular weight is 356 g/mol. The van der Waals surface area contributed by atoms with Crippen LogP contribution in [0, 0.1) is 0 Å². The summed E-state index contributed by atoms with van der Waals surface area (Å²) in [4.78, 5) is 0.837. The number of nitrogens with two attached hydrogens (primary N) is 1. The van der Waals surface area contributed by atoms with Crippen LogP contribution in [0.5, 0.6) is 0 Å². The Morgan fingerprint density at radius 3 is 2.58 bits per heavy atom. The number of nitrogens with zero attached hydrogens (tertiary/aromatic N) is 1. The molecule has 0 saturated heterocycles. The second-order valence-corrected chi connectivity index (χ2v) is 6.12. The second kappa shape index (κ2) is 5.00. The molecule has 19 heavy (non-hydrogen) atoms. The smallest absolute Gasteiger partial charge is 0.188 e. The molecular weight excluding hydrogens is 348 g/mol. The summed E-state index contributed by atoms with van der Waals surface area (Å²) >= 11 is 11.0. The SMILES string of the molecule is Nc1noc(-c2sccc2Cl)c1-c1ccc(Br)cc1. The summed E-state index contributed by atoms with van der Waals surface area (Å²) in [5, 5.41) is 6.39. The van der Waals surface area contributed by atoms with Gasteiger partial charge < -0.3 is 10.3 Å². The molecule has 1 aromatic carbocycles. The lowest BCUT2D eigenvalue weighted by atomic mass is 10.1. The van der Waals surface area contributed by atoms with Gasteiger partial charge in [-0.15, -0.1) is 11.3 Å². The Labute approximate surface area is 127 Å². The highest BCUT2D eigenvalue weighted by Crippen LogP contribution is 2.42. The zero-order chi connectivity index (χ0) is 13.4. The molecule has 0 unspecified atom stereocenters. The predicted octanol–water partition coefficient (Wildman–Crippen LogP) is 5.07. The Balaban J connectivity index is 2.19. The molecule has 0 radical (unpaired) electrons. The number of hydrogen-bond donors (Lipinski definition) is 1. The van der Waals surface area contributed by atoms with Crippen molar-refractivity contribution >= 4 is 44.7 Å². The van der Waals surface area contributed by atoms with Crippen molar-refractivity contribution in [1.82, 2.24) is 5.16 Å². The van der Waals surface area contributed by atoms with Gasteiger partial charge in [-0.2, -0.15) is 0 Å². The fourth-order valence-corrected chi connectivity index (χ4v) is 3.20. The Morgan fingerprint density at radius 2 is 1.95 bits per heavy atom. The van der Waals surface area contributed by atoms with Crippen molar-refractivity contribution < 1.29 is 4.52 Å². The van der Waals surface area contributed by atoms with Gasteiger partial charge in [-0.25, -0.2) is 0 Å². The summed E-state index contributed by atoms with van der Waals surface area (Å²) in [6.45, 7) is 0. The van der Waals surface area contributed by atoms with E-state index in [0.717, 1.165) is 20.5 Å². The zero-order valence-electron chi connectivity index (χ0n) is 9.56. The number of benzene rings is 1. The average Bonchev–Trinajstić information content (AvgIpc) is 2.97. The van der Waals surface area contributed by atoms with Gasteiger partial charge >= 0.3 is 0 Å². The summed E-state index contributed by atoms with van der Waals surface area (Å²) in [6.07, 6.45) is 0. The van der Waals surface area contributed by atoms with E-state index < -0.39 is 0 Å². The van der Waals surface area contributed by atoms with Crippen LogP contribution in [0.25, 0.3) is 21.8 Å². The molecule has 0 spiro atoms. The van der Waals surface area contributed by atoms with E-state index in [4.69, 9.17) is 21.9 Å². The van der Waals surface area contributed by atoms with Crippen LogP contribution < -0.4 is 5.73 Å². The standard InChI is InChI=1S/C13H8BrClN2OS/c14-8-3-1-7(2-4-8)10-11(18-17-13(10)16)12-9(15)5-6-19-12/h1-6H,(H2,16,17). The Kier molecular flexibility index (Phi) is 3.35. The van der Waals surface area contributed by atoms with Crippen molar-refractivity contribution in [1.29, 1.82) is 0 Å². The van der Waals surface area contributed by atoms with Gasteiger partial charge in [0.1, 0.15) is 0 Å². The van der Waals surface area contributed by atoms with Crippen LogP contribution in [0.15, 0.2) is 44.7 Å². The molecule has 2 aromatic heterocycles. The maximum absolute atomic E-state index is 6.14. The van der Waals surface area contributed by atoms with E-state index in [1.807, 2.05) is 35.7 Å². The third-order valence-corrected chi connectivity index (χ3v) is 4.54. The van der Waals surface area contributed by atoms with E-state index in [9.17, 15) is 0 Å². The largest absolute Gasteiger partial charge is 0.380 e. The fourth-order valence-electron chi connectivity index (χ4n) is 1.81. The summed E-state index contributed by atoms with van der Waals surface area (Å²) in [7, 11) is 0. The number of hydrogen-bond acceptors (Lipinski definition) is 4. The van der Waals surface area contributed by atoms with Crippen molar-refractivity contribution in [2.45, 2.75) is 0 Å². The number of anilines is 1. The number of rotatable bonds is 2. The van der Waals surface area contributed by atoms with E-state index >= 15 is 0 Å². The van der Waals surface area contributed by atoms with E-state index in [-0.39, 0.29) is 0 Å². The predicted molar refractivity (Wildman–Crippen MR) is 82.4 cm³/mol. The lowest BCUT2D eigenvalue weighted by Gasteiger charge is -2.02. The van der Waals surface area contributed by atoms with Crippen LogP contribution in [0.4, 0.5) is 5.82 Å². The molecule has 6 heteroatoms. The molecule has 0 saturated carbocycles. The number of aromatic nitrogens is 1. The highest BCUT2D eigenvalue weighted by molar-refractivity contribution is 9.10. The summed E-state index contributed by atoms with van der Waals surface area (Å²) in [6, 6.07) is 9.63. The Hall–Kier alpha value is -1.30. The number of nitrogen functional groups attached to an aromatic ring is 1. The second-order valence-electron chi connectivity index (χ2n) is 3.88. The molecule has 3 nitrogen and oxygen atoms in total. The third-order valence-electron chi connectivity index (χ3n) is 2.67. The molecule has 3 rings (SSSR count). The first-order valence-corrected chi connectivity index (χ1v) is 7.46. The molecule has 0 bridgehead atoms. The van der Waals surface area contributed by atoms with Gasteiger partial charge in [-0.3, -0.25) is 0 Å². The lowest BCUT2D eigenvalue weighted by molar-refractivity contribution is 0.437. The van der Waals surface area contributed by atoms with Crippen molar-refractivity contribution in [3.63, 3.8) is 0 Å². The van der Waals surface area contributed by atoms with Crippen LogP contribution in [0.2, 0.25) is 5.02 Å². The molecule has 0 fully saturated rings. The van der Waals surface area contributed by atoms with Crippen LogP contribution >= 0.6 is 38.9 Å². The molecular formula is C13H8BrClN2OS. The molecule has 96 valence electrons. The summed E-state index contributed by atoms with van der Waals surface area (Å²) in [5.41, 5.74) is 7.63. The Bertz CT molecular complexity index is 721. The molecule has 2 N–H and O–H groups in total.